The van der Waals surface area contributed by atoms with Crippen molar-refractivity contribution in [3.8, 4) is 0 Å². The Bertz CT molecular complexity index is 126. The molecule has 0 aliphatic rings. The Kier molecular flexibility index (Phi) is 12.8. The van der Waals surface area contributed by atoms with Crippen LogP contribution in [0.1, 0.15) is 77.6 Å². The smallest absolute Gasteiger partial charge is 0.128 e. The number of alkyl halides is 2. The van der Waals surface area contributed by atoms with Crippen LogP contribution in [0.15, 0.2) is 0 Å². The highest BCUT2D eigenvalue weighted by Crippen LogP contribution is 2.12. The van der Waals surface area contributed by atoms with Crippen molar-refractivity contribution in [2.45, 2.75) is 83.7 Å². The van der Waals surface area contributed by atoms with Crippen molar-refractivity contribution >= 4 is 0 Å². The average molecular weight is 234 g/mol. The molecule has 0 amide bonds. The first-order valence-corrected chi connectivity index (χ1v) is 7.01. The highest BCUT2D eigenvalue weighted by atomic mass is 19.2. The number of hydrogen-bond donors (Lipinski definition) is 0. The molecule has 0 N–H and O–H groups in total. The van der Waals surface area contributed by atoms with Crippen LogP contribution < -0.4 is 0 Å². The van der Waals surface area contributed by atoms with E-state index in [9.17, 15) is 8.78 Å². The van der Waals surface area contributed by atoms with Gasteiger partial charge in [-0.1, -0.05) is 71.1 Å². The third-order valence-electron chi connectivity index (χ3n) is 3.04. The highest BCUT2D eigenvalue weighted by molar-refractivity contribution is 4.54. The van der Waals surface area contributed by atoms with Gasteiger partial charge in [-0.3, -0.25) is 0 Å². The SMILES string of the molecule is CCCCCCCCCCCCC(F)CF. The van der Waals surface area contributed by atoms with Crippen molar-refractivity contribution in [3.05, 3.63) is 0 Å². The van der Waals surface area contributed by atoms with Crippen LogP contribution in [0.5, 0.6) is 0 Å². The summed E-state index contributed by atoms with van der Waals surface area (Å²) in [6.45, 7) is 1.42. The van der Waals surface area contributed by atoms with Gasteiger partial charge in [-0.05, 0) is 6.42 Å². The molecule has 0 spiro atoms. The zero-order valence-electron chi connectivity index (χ0n) is 10.8. The van der Waals surface area contributed by atoms with Gasteiger partial charge in [0.15, 0.2) is 0 Å². The Morgan fingerprint density at radius 2 is 1.19 bits per heavy atom. The Labute approximate surface area is 99.8 Å². The molecule has 0 bridgehead atoms. The molecular formula is C14H28F2. The summed E-state index contributed by atoms with van der Waals surface area (Å²) in [5.74, 6) is 0. The minimum atomic E-state index is -1.21. The molecule has 0 saturated heterocycles. The Balaban J connectivity index is 2.93. The third-order valence-corrected chi connectivity index (χ3v) is 3.04. The van der Waals surface area contributed by atoms with E-state index >= 15 is 0 Å². The van der Waals surface area contributed by atoms with Crippen LogP contribution in [0.3, 0.4) is 0 Å². The van der Waals surface area contributed by atoms with Gasteiger partial charge in [0, 0.05) is 0 Å². The molecule has 0 aromatic rings. The van der Waals surface area contributed by atoms with Gasteiger partial charge in [-0.15, -0.1) is 0 Å². The van der Waals surface area contributed by atoms with Gasteiger partial charge in [-0.25, -0.2) is 8.78 Å². The Morgan fingerprint density at radius 3 is 1.62 bits per heavy atom. The fourth-order valence-corrected chi connectivity index (χ4v) is 1.93. The molecule has 0 rings (SSSR count). The molecule has 0 heterocycles. The summed E-state index contributed by atoms with van der Waals surface area (Å²) in [4.78, 5) is 0. The summed E-state index contributed by atoms with van der Waals surface area (Å²) in [5, 5.41) is 0. The largest absolute Gasteiger partial charge is 0.248 e. The second-order valence-corrected chi connectivity index (χ2v) is 4.72. The summed E-state index contributed by atoms with van der Waals surface area (Å²) in [7, 11) is 0. The van der Waals surface area contributed by atoms with Crippen LogP contribution in [0.4, 0.5) is 8.78 Å². The molecule has 0 aromatic carbocycles. The van der Waals surface area contributed by atoms with Crippen molar-refractivity contribution in [2.75, 3.05) is 6.67 Å². The van der Waals surface area contributed by atoms with Crippen LogP contribution in [0.25, 0.3) is 0 Å². The van der Waals surface area contributed by atoms with Gasteiger partial charge in [0.2, 0.25) is 0 Å². The summed E-state index contributed by atoms with van der Waals surface area (Å²) in [6, 6.07) is 0. The monoisotopic (exact) mass is 234 g/mol. The summed E-state index contributed by atoms with van der Waals surface area (Å²) < 4.78 is 24.3. The van der Waals surface area contributed by atoms with Crippen molar-refractivity contribution in [1.29, 1.82) is 0 Å². The highest BCUT2D eigenvalue weighted by Gasteiger charge is 2.03. The molecular weight excluding hydrogens is 206 g/mol. The lowest BCUT2D eigenvalue weighted by atomic mass is 10.1. The van der Waals surface area contributed by atoms with E-state index in [2.05, 4.69) is 6.92 Å². The Hall–Kier alpha value is -0.140. The lowest BCUT2D eigenvalue weighted by Gasteiger charge is -2.03. The Morgan fingerprint density at radius 1 is 0.750 bits per heavy atom. The maximum absolute atomic E-state index is 12.5. The van der Waals surface area contributed by atoms with E-state index in [1.54, 1.807) is 0 Å². The van der Waals surface area contributed by atoms with E-state index in [0.29, 0.717) is 6.42 Å². The van der Waals surface area contributed by atoms with E-state index in [1.807, 2.05) is 0 Å². The van der Waals surface area contributed by atoms with Crippen molar-refractivity contribution in [1.82, 2.24) is 0 Å². The maximum atomic E-state index is 12.5. The second kappa shape index (κ2) is 12.9. The molecule has 0 fully saturated rings. The molecule has 1 unspecified atom stereocenters. The molecule has 0 nitrogen and oxygen atoms in total. The lowest BCUT2D eigenvalue weighted by molar-refractivity contribution is 0.241. The van der Waals surface area contributed by atoms with Gasteiger partial charge >= 0.3 is 0 Å². The van der Waals surface area contributed by atoms with Crippen LogP contribution in [-0.2, 0) is 0 Å². The quantitative estimate of drug-likeness (QED) is 0.385. The zero-order chi connectivity index (χ0) is 12.1. The number of unbranched alkanes of at least 4 members (excludes halogenated alkanes) is 9. The van der Waals surface area contributed by atoms with Crippen LogP contribution in [0.2, 0.25) is 0 Å². The van der Waals surface area contributed by atoms with E-state index < -0.39 is 12.8 Å². The van der Waals surface area contributed by atoms with Gasteiger partial charge < -0.3 is 0 Å². The first-order valence-electron chi connectivity index (χ1n) is 7.01. The molecule has 0 saturated carbocycles. The fraction of sp³-hybridized carbons (Fsp3) is 1.00. The number of rotatable bonds is 12. The summed E-state index contributed by atoms with van der Waals surface area (Å²) in [5.41, 5.74) is 0. The molecule has 16 heavy (non-hydrogen) atoms. The van der Waals surface area contributed by atoms with Crippen LogP contribution in [-0.4, -0.2) is 12.8 Å². The molecule has 0 aromatic heterocycles. The predicted octanol–water partition coefficient (Wildman–Crippen LogP) is 5.61. The minimum absolute atomic E-state index is 0.410. The van der Waals surface area contributed by atoms with Crippen molar-refractivity contribution in [3.63, 3.8) is 0 Å². The van der Waals surface area contributed by atoms with Gasteiger partial charge in [0.1, 0.15) is 12.8 Å². The summed E-state index contributed by atoms with van der Waals surface area (Å²) in [6.07, 6.45) is 11.6. The summed E-state index contributed by atoms with van der Waals surface area (Å²) >= 11 is 0. The third kappa shape index (κ3) is 11.9. The molecule has 0 radical (unpaired) electrons. The number of halogens is 2. The average Bonchev–Trinajstić information content (AvgIpc) is 2.31. The van der Waals surface area contributed by atoms with Crippen LogP contribution in [0, 0.1) is 0 Å². The van der Waals surface area contributed by atoms with E-state index in [4.69, 9.17) is 0 Å². The van der Waals surface area contributed by atoms with E-state index in [-0.39, 0.29) is 0 Å². The molecule has 0 aliphatic carbocycles. The minimum Gasteiger partial charge on any atom is -0.248 e. The predicted molar refractivity (Wildman–Crippen MR) is 67.3 cm³/mol. The molecule has 98 valence electrons. The second-order valence-electron chi connectivity index (χ2n) is 4.72. The van der Waals surface area contributed by atoms with Crippen LogP contribution >= 0.6 is 0 Å². The number of hydrogen-bond acceptors (Lipinski definition) is 0. The zero-order valence-corrected chi connectivity index (χ0v) is 10.8. The fourth-order valence-electron chi connectivity index (χ4n) is 1.93. The molecule has 1 atom stereocenters. The van der Waals surface area contributed by atoms with E-state index in [0.717, 1.165) is 12.8 Å². The molecule has 2 heteroatoms. The maximum Gasteiger partial charge on any atom is 0.128 e. The topological polar surface area (TPSA) is 0 Å². The normalized spacial score (nSPS) is 12.9. The van der Waals surface area contributed by atoms with Crippen molar-refractivity contribution in [2.24, 2.45) is 0 Å². The van der Waals surface area contributed by atoms with Gasteiger partial charge in [-0.2, -0.15) is 0 Å². The van der Waals surface area contributed by atoms with E-state index in [1.165, 1.54) is 51.4 Å². The van der Waals surface area contributed by atoms with Crippen molar-refractivity contribution < 1.29 is 8.78 Å². The molecule has 0 aliphatic heterocycles. The first-order chi connectivity index (χ1) is 7.81. The van der Waals surface area contributed by atoms with Gasteiger partial charge in [0.05, 0.1) is 0 Å². The first kappa shape index (κ1) is 15.9. The lowest BCUT2D eigenvalue weighted by Crippen LogP contribution is -2.01. The van der Waals surface area contributed by atoms with Gasteiger partial charge in [0.25, 0.3) is 0 Å². The standard InChI is InChI=1S/C14H28F2/c1-2-3-4-5-6-7-8-9-10-11-12-14(16)13-15/h14H,2-13H2,1H3.